The molecule has 17 heavy (non-hydrogen) atoms. The normalized spacial score (nSPS) is 20.6. The SMILES string of the molecule is CCc1cccc(C)c1N1CCSC(CN)C1. The molecule has 94 valence electrons. The number of anilines is 1. The molecule has 1 aliphatic rings. The minimum atomic E-state index is 0.591. The van der Waals surface area contributed by atoms with Crippen LogP contribution < -0.4 is 10.6 Å². The Hall–Kier alpha value is -0.670. The monoisotopic (exact) mass is 250 g/mol. The summed E-state index contributed by atoms with van der Waals surface area (Å²) in [4.78, 5) is 2.53. The number of hydrogen-bond donors (Lipinski definition) is 1. The van der Waals surface area contributed by atoms with Crippen molar-refractivity contribution in [3.63, 3.8) is 0 Å². The van der Waals surface area contributed by atoms with Crippen LogP contribution in [0.15, 0.2) is 18.2 Å². The van der Waals surface area contributed by atoms with Crippen molar-refractivity contribution in [1.29, 1.82) is 0 Å². The third-order valence-electron chi connectivity index (χ3n) is 3.42. The van der Waals surface area contributed by atoms with E-state index in [9.17, 15) is 0 Å². The first-order valence-electron chi connectivity index (χ1n) is 6.41. The molecule has 0 aromatic heterocycles. The molecule has 0 aliphatic carbocycles. The summed E-state index contributed by atoms with van der Waals surface area (Å²) < 4.78 is 0. The molecule has 1 aromatic rings. The van der Waals surface area contributed by atoms with Crippen molar-refractivity contribution >= 4 is 17.4 Å². The zero-order valence-electron chi connectivity index (χ0n) is 10.8. The summed E-state index contributed by atoms with van der Waals surface area (Å²) in [6.45, 7) is 7.48. The summed E-state index contributed by atoms with van der Waals surface area (Å²) >= 11 is 2.01. The van der Waals surface area contributed by atoms with Gasteiger partial charge in [0.25, 0.3) is 0 Å². The second kappa shape index (κ2) is 5.78. The number of para-hydroxylation sites is 1. The summed E-state index contributed by atoms with van der Waals surface area (Å²) in [7, 11) is 0. The molecule has 2 rings (SSSR count). The van der Waals surface area contributed by atoms with Crippen LogP contribution in [0.5, 0.6) is 0 Å². The third kappa shape index (κ3) is 2.78. The third-order valence-corrected chi connectivity index (χ3v) is 4.65. The van der Waals surface area contributed by atoms with Gasteiger partial charge in [0, 0.05) is 36.3 Å². The Morgan fingerprint density at radius 2 is 2.29 bits per heavy atom. The van der Waals surface area contributed by atoms with Crippen molar-refractivity contribution in [3.05, 3.63) is 29.3 Å². The van der Waals surface area contributed by atoms with Gasteiger partial charge in [0.05, 0.1) is 0 Å². The molecule has 0 spiro atoms. The molecule has 1 aliphatic heterocycles. The molecule has 3 heteroatoms. The highest BCUT2D eigenvalue weighted by atomic mass is 32.2. The number of aryl methyl sites for hydroxylation is 2. The minimum Gasteiger partial charge on any atom is -0.369 e. The Kier molecular flexibility index (Phi) is 4.35. The molecule has 1 aromatic carbocycles. The minimum absolute atomic E-state index is 0.591. The van der Waals surface area contributed by atoms with Gasteiger partial charge >= 0.3 is 0 Å². The summed E-state index contributed by atoms with van der Waals surface area (Å²) in [6.07, 6.45) is 1.11. The van der Waals surface area contributed by atoms with Crippen molar-refractivity contribution in [2.75, 3.05) is 30.3 Å². The molecule has 0 amide bonds. The van der Waals surface area contributed by atoms with E-state index in [1.807, 2.05) is 11.8 Å². The van der Waals surface area contributed by atoms with E-state index in [0.29, 0.717) is 5.25 Å². The maximum absolute atomic E-state index is 5.80. The summed E-state index contributed by atoms with van der Waals surface area (Å²) in [5.41, 5.74) is 10.1. The van der Waals surface area contributed by atoms with Gasteiger partial charge in [0.2, 0.25) is 0 Å². The fourth-order valence-corrected chi connectivity index (χ4v) is 3.60. The first-order valence-corrected chi connectivity index (χ1v) is 7.46. The van der Waals surface area contributed by atoms with Crippen LogP contribution in [-0.2, 0) is 6.42 Å². The zero-order valence-corrected chi connectivity index (χ0v) is 11.6. The average Bonchev–Trinajstić information content (AvgIpc) is 2.38. The van der Waals surface area contributed by atoms with Crippen molar-refractivity contribution in [3.8, 4) is 0 Å². The second-order valence-electron chi connectivity index (χ2n) is 4.61. The molecular formula is C14H22N2S. The average molecular weight is 250 g/mol. The predicted octanol–water partition coefficient (Wildman–Crippen LogP) is 2.44. The van der Waals surface area contributed by atoms with Gasteiger partial charge in [0.15, 0.2) is 0 Å². The topological polar surface area (TPSA) is 29.3 Å². The lowest BCUT2D eigenvalue weighted by Gasteiger charge is -2.35. The molecule has 1 atom stereocenters. The van der Waals surface area contributed by atoms with Gasteiger partial charge in [-0.3, -0.25) is 0 Å². The van der Waals surface area contributed by atoms with Crippen molar-refractivity contribution in [2.45, 2.75) is 25.5 Å². The largest absolute Gasteiger partial charge is 0.369 e. The Morgan fingerprint density at radius 1 is 1.47 bits per heavy atom. The lowest BCUT2D eigenvalue weighted by molar-refractivity contribution is 0.743. The van der Waals surface area contributed by atoms with E-state index in [-0.39, 0.29) is 0 Å². The molecule has 0 radical (unpaired) electrons. The molecule has 1 unspecified atom stereocenters. The number of thioether (sulfide) groups is 1. The Morgan fingerprint density at radius 3 is 3.00 bits per heavy atom. The number of hydrogen-bond acceptors (Lipinski definition) is 3. The van der Waals surface area contributed by atoms with Crippen LogP contribution in [0.25, 0.3) is 0 Å². The van der Waals surface area contributed by atoms with E-state index in [0.717, 1.165) is 26.1 Å². The maximum Gasteiger partial charge on any atom is 0.0429 e. The van der Waals surface area contributed by atoms with Crippen molar-refractivity contribution in [1.82, 2.24) is 0 Å². The van der Waals surface area contributed by atoms with Gasteiger partial charge in [-0.2, -0.15) is 11.8 Å². The van der Waals surface area contributed by atoms with E-state index in [1.54, 1.807) is 0 Å². The van der Waals surface area contributed by atoms with Crippen LogP contribution in [0.4, 0.5) is 5.69 Å². The molecule has 0 bridgehead atoms. The van der Waals surface area contributed by atoms with Gasteiger partial charge in [-0.1, -0.05) is 25.1 Å². The Bertz CT molecular complexity index is 378. The Labute approximate surface area is 109 Å². The fraction of sp³-hybridized carbons (Fsp3) is 0.571. The maximum atomic E-state index is 5.80. The molecule has 1 heterocycles. The zero-order chi connectivity index (χ0) is 12.3. The Balaban J connectivity index is 2.26. The van der Waals surface area contributed by atoms with Gasteiger partial charge in [-0.05, 0) is 24.5 Å². The summed E-state index contributed by atoms with van der Waals surface area (Å²) in [5.74, 6) is 1.19. The van der Waals surface area contributed by atoms with Crippen LogP contribution in [0, 0.1) is 6.92 Å². The van der Waals surface area contributed by atoms with Crippen LogP contribution in [0.1, 0.15) is 18.1 Å². The van der Waals surface area contributed by atoms with Gasteiger partial charge < -0.3 is 10.6 Å². The highest BCUT2D eigenvalue weighted by Crippen LogP contribution is 2.29. The quantitative estimate of drug-likeness (QED) is 0.893. The van der Waals surface area contributed by atoms with E-state index < -0.39 is 0 Å². The van der Waals surface area contributed by atoms with Gasteiger partial charge in [0.1, 0.15) is 0 Å². The van der Waals surface area contributed by atoms with Crippen LogP contribution in [-0.4, -0.2) is 30.6 Å². The molecule has 2 nitrogen and oxygen atoms in total. The van der Waals surface area contributed by atoms with E-state index in [2.05, 4.69) is 36.9 Å². The predicted molar refractivity (Wildman–Crippen MR) is 78.1 cm³/mol. The molecule has 0 saturated carbocycles. The molecule has 2 N–H and O–H groups in total. The lowest BCUT2D eigenvalue weighted by atomic mass is 10.0. The molecular weight excluding hydrogens is 228 g/mol. The van der Waals surface area contributed by atoms with E-state index in [4.69, 9.17) is 5.73 Å². The number of nitrogens with two attached hydrogens (primary N) is 1. The van der Waals surface area contributed by atoms with E-state index in [1.165, 1.54) is 22.6 Å². The summed E-state index contributed by atoms with van der Waals surface area (Å²) in [6, 6.07) is 6.63. The van der Waals surface area contributed by atoms with Crippen molar-refractivity contribution in [2.24, 2.45) is 5.73 Å². The second-order valence-corrected chi connectivity index (χ2v) is 6.02. The van der Waals surface area contributed by atoms with Crippen LogP contribution >= 0.6 is 11.8 Å². The summed E-state index contributed by atoms with van der Waals surface area (Å²) in [5, 5.41) is 0.591. The standard InChI is InChI=1S/C14H22N2S/c1-3-12-6-4-5-11(2)14(12)16-7-8-17-13(9-15)10-16/h4-6,13H,3,7-10,15H2,1-2H3. The smallest absolute Gasteiger partial charge is 0.0429 e. The highest BCUT2D eigenvalue weighted by molar-refractivity contribution is 8.00. The highest BCUT2D eigenvalue weighted by Gasteiger charge is 2.21. The number of benzene rings is 1. The van der Waals surface area contributed by atoms with Crippen LogP contribution in [0.2, 0.25) is 0 Å². The van der Waals surface area contributed by atoms with E-state index >= 15 is 0 Å². The first kappa shape index (κ1) is 12.8. The van der Waals surface area contributed by atoms with Crippen LogP contribution in [0.3, 0.4) is 0 Å². The number of nitrogens with zero attached hydrogens (tertiary/aromatic N) is 1. The first-order chi connectivity index (χ1) is 8.26. The van der Waals surface area contributed by atoms with Gasteiger partial charge in [-0.15, -0.1) is 0 Å². The van der Waals surface area contributed by atoms with Crippen molar-refractivity contribution < 1.29 is 0 Å². The molecule has 1 fully saturated rings. The fourth-order valence-electron chi connectivity index (χ4n) is 2.52. The molecule has 1 saturated heterocycles. The lowest BCUT2D eigenvalue weighted by Crippen LogP contribution is -2.41. The van der Waals surface area contributed by atoms with Gasteiger partial charge in [-0.25, -0.2) is 0 Å². The number of rotatable bonds is 3.